The molecular weight excluding hydrogens is 337 g/mol. The number of thiazole rings is 2. The van der Waals surface area contributed by atoms with E-state index in [2.05, 4.69) is 15.3 Å². The number of amides is 1. The van der Waals surface area contributed by atoms with Gasteiger partial charge in [0.25, 0.3) is 5.91 Å². The SMILES string of the molecule is Cc1nc(COc2ccc(F)cc2)sc1C(=O)Nc1nccs1. The average Bonchev–Trinajstić information content (AvgIpc) is 3.16. The van der Waals surface area contributed by atoms with Crippen LogP contribution in [0.15, 0.2) is 35.8 Å². The number of hydrogen-bond acceptors (Lipinski definition) is 6. The summed E-state index contributed by atoms with van der Waals surface area (Å²) in [4.78, 5) is 21.1. The van der Waals surface area contributed by atoms with E-state index in [4.69, 9.17) is 4.74 Å². The molecule has 8 heteroatoms. The normalized spacial score (nSPS) is 10.5. The molecular formula is C15H12FN3O2S2. The molecule has 0 saturated heterocycles. The zero-order valence-electron chi connectivity index (χ0n) is 12.1. The molecule has 0 aliphatic carbocycles. The van der Waals surface area contributed by atoms with E-state index in [0.29, 0.717) is 26.5 Å². The van der Waals surface area contributed by atoms with Gasteiger partial charge in [0.1, 0.15) is 28.1 Å². The maximum atomic E-state index is 12.8. The zero-order valence-corrected chi connectivity index (χ0v) is 13.7. The molecule has 3 aromatic rings. The lowest BCUT2D eigenvalue weighted by atomic mass is 10.3. The molecule has 0 spiro atoms. The Morgan fingerprint density at radius 3 is 2.83 bits per heavy atom. The Morgan fingerprint density at radius 2 is 2.13 bits per heavy atom. The number of ether oxygens (including phenoxy) is 1. The molecule has 0 fully saturated rings. The van der Waals surface area contributed by atoms with Crippen LogP contribution in [-0.2, 0) is 6.61 Å². The fourth-order valence-corrected chi connectivity index (χ4v) is 3.24. The first-order chi connectivity index (χ1) is 11.1. The highest BCUT2D eigenvalue weighted by atomic mass is 32.1. The van der Waals surface area contributed by atoms with Crippen LogP contribution in [0.5, 0.6) is 5.75 Å². The maximum Gasteiger partial charge on any atom is 0.269 e. The summed E-state index contributed by atoms with van der Waals surface area (Å²) in [6, 6.07) is 5.75. The van der Waals surface area contributed by atoms with E-state index in [-0.39, 0.29) is 18.3 Å². The van der Waals surface area contributed by atoms with E-state index in [0.717, 1.165) is 0 Å². The van der Waals surface area contributed by atoms with Crippen LogP contribution in [0.25, 0.3) is 0 Å². The lowest BCUT2D eigenvalue weighted by molar-refractivity contribution is 0.103. The average molecular weight is 349 g/mol. The van der Waals surface area contributed by atoms with Crippen molar-refractivity contribution >= 4 is 33.7 Å². The summed E-state index contributed by atoms with van der Waals surface area (Å²) in [5, 5.41) is 5.74. The molecule has 118 valence electrons. The monoisotopic (exact) mass is 349 g/mol. The summed E-state index contributed by atoms with van der Waals surface area (Å²) in [7, 11) is 0. The molecule has 0 atom stereocenters. The molecule has 23 heavy (non-hydrogen) atoms. The molecule has 0 saturated carbocycles. The first-order valence-electron chi connectivity index (χ1n) is 6.67. The van der Waals surface area contributed by atoms with Gasteiger partial charge in [-0.2, -0.15) is 0 Å². The Balaban J connectivity index is 1.65. The van der Waals surface area contributed by atoms with Crippen molar-refractivity contribution in [2.45, 2.75) is 13.5 Å². The molecule has 0 unspecified atom stereocenters. The van der Waals surface area contributed by atoms with Crippen LogP contribution in [-0.4, -0.2) is 15.9 Å². The number of carbonyl (C=O) groups is 1. The fourth-order valence-electron chi connectivity index (χ4n) is 1.84. The largest absolute Gasteiger partial charge is 0.486 e. The van der Waals surface area contributed by atoms with Gasteiger partial charge in [0.05, 0.1) is 5.69 Å². The van der Waals surface area contributed by atoms with Gasteiger partial charge in [-0.1, -0.05) is 0 Å². The van der Waals surface area contributed by atoms with Gasteiger partial charge in [0, 0.05) is 11.6 Å². The Kier molecular flexibility index (Phi) is 4.63. The first-order valence-corrected chi connectivity index (χ1v) is 8.37. The van der Waals surface area contributed by atoms with E-state index in [9.17, 15) is 9.18 Å². The maximum absolute atomic E-state index is 12.8. The molecule has 3 rings (SSSR count). The molecule has 1 N–H and O–H groups in total. The van der Waals surface area contributed by atoms with Crippen molar-refractivity contribution in [1.82, 2.24) is 9.97 Å². The van der Waals surface area contributed by atoms with Crippen LogP contribution in [0.4, 0.5) is 9.52 Å². The molecule has 1 aromatic carbocycles. The molecule has 0 aliphatic rings. The van der Waals surface area contributed by atoms with Gasteiger partial charge in [-0.25, -0.2) is 14.4 Å². The van der Waals surface area contributed by atoms with Gasteiger partial charge in [-0.15, -0.1) is 22.7 Å². The van der Waals surface area contributed by atoms with Crippen molar-refractivity contribution in [1.29, 1.82) is 0 Å². The van der Waals surface area contributed by atoms with Gasteiger partial charge >= 0.3 is 0 Å². The first kappa shape index (κ1) is 15.6. The predicted molar refractivity (Wildman–Crippen MR) is 87.7 cm³/mol. The van der Waals surface area contributed by atoms with Crippen molar-refractivity contribution in [3.8, 4) is 5.75 Å². The number of aromatic nitrogens is 2. The van der Waals surface area contributed by atoms with Gasteiger partial charge < -0.3 is 4.74 Å². The number of anilines is 1. The highest BCUT2D eigenvalue weighted by Crippen LogP contribution is 2.22. The quantitative estimate of drug-likeness (QED) is 0.759. The third kappa shape index (κ3) is 3.91. The molecule has 2 heterocycles. The highest BCUT2D eigenvalue weighted by Gasteiger charge is 2.16. The smallest absolute Gasteiger partial charge is 0.269 e. The van der Waals surface area contributed by atoms with Gasteiger partial charge in [0.2, 0.25) is 0 Å². The van der Waals surface area contributed by atoms with Crippen molar-refractivity contribution in [2.24, 2.45) is 0 Å². The second-order valence-electron chi connectivity index (χ2n) is 4.56. The number of halogens is 1. The van der Waals surface area contributed by atoms with E-state index in [1.54, 1.807) is 30.6 Å². The van der Waals surface area contributed by atoms with E-state index in [1.165, 1.54) is 34.8 Å². The number of benzene rings is 1. The second-order valence-corrected chi connectivity index (χ2v) is 6.53. The molecule has 1 amide bonds. The summed E-state index contributed by atoms with van der Waals surface area (Å²) < 4.78 is 18.4. The number of nitrogens with one attached hydrogen (secondary N) is 1. The van der Waals surface area contributed by atoms with Crippen molar-refractivity contribution < 1.29 is 13.9 Å². The van der Waals surface area contributed by atoms with Crippen LogP contribution < -0.4 is 10.1 Å². The van der Waals surface area contributed by atoms with E-state index >= 15 is 0 Å². The van der Waals surface area contributed by atoms with Crippen LogP contribution in [0.2, 0.25) is 0 Å². The third-order valence-electron chi connectivity index (χ3n) is 2.88. The van der Waals surface area contributed by atoms with Gasteiger partial charge in [-0.05, 0) is 31.2 Å². The number of rotatable bonds is 5. The number of carbonyl (C=O) groups excluding carboxylic acids is 1. The van der Waals surface area contributed by atoms with Crippen LogP contribution in [0.1, 0.15) is 20.4 Å². The molecule has 0 bridgehead atoms. The highest BCUT2D eigenvalue weighted by molar-refractivity contribution is 7.15. The number of aryl methyl sites for hydroxylation is 1. The van der Waals surface area contributed by atoms with E-state index < -0.39 is 0 Å². The fraction of sp³-hybridized carbons (Fsp3) is 0.133. The molecule has 0 radical (unpaired) electrons. The van der Waals surface area contributed by atoms with Crippen molar-refractivity contribution in [2.75, 3.05) is 5.32 Å². The molecule has 5 nitrogen and oxygen atoms in total. The summed E-state index contributed by atoms with van der Waals surface area (Å²) in [6.45, 7) is 2.00. The zero-order chi connectivity index (χ0) is 16.2. The summed E-state index contributed by atoms with van der Waals surface area (Å²) in [5.74, 6) is -0.000362. The number of nitrogens with zero attached hydrogens (tertiary/aromatic N) is 2. The lowest BCUT2D eigenvalue weighted by Gasteiger charge is -2.03. The predicted octanol–water partition coefficient (Wildman–Crippen LogP) is 3.88. The summed E-state index contributed by atoms with van der Waals surface area (Å²) in [6.07, 6.45) is 1.63. The van der Waals surface area contributed by atoms with Gasteiger partial charge in [0.15, 0.2) is 5.13 Å². The Bertz CT molecular complexity index is 801. The van der Waals surface area contributed by atoms with Crippen LogP contribution in [0.3, 0.4) is 0 Å². The minimum Gasteiger partial charge on any atom is -0.486 e. The van der Waals surface area contributed by atoms with Crippen LogP contribution in [0, 0.1) is 12.7 Å². The van der Waals surface area contributed by atoms with Gasteiger partial charge in [-0.3, -0.25) is 10.1 Å². The number of hydrogen-bond donors (Lipinski definition) is 1. The molecule has 2 aromatic heterocycles. The Labute approximate surface area is 139 Å². The van der Waals surface area contributed by atoms with Crippen LogP contribution >= 0.6 is 22.7 Å². The minimum atomic E-state index is -0.316. The third-order valence-corrected chi connectivity index (χ3v) is 4.69. The minimum absolute atomic E-state index is 0.224. The summed E-state index contributed by atoms with van der Waals surface area (Å²) in [5.41, 5.74) is 0.641. The Hall–Kier alpha value is -2.32. The Morgan fingerprint density at radius 1 is 1.35 bits per heavy atom. The van der Waals surface area contributed by atoms with Crippen molar-refractivity contribution in [3.05, 3.63) is 57.2 Å². The van der Waals surface area contributed by atoms with Crippen molar-refractivity contribution in [3.63, 3.8) is 0 Å². The molecule has 0 aliphatic heterocycles. The lowest BCUT2D eigenvalue weighted by Crippen LogP contribution is -2.11. The standard InChI is InChI=1S/C15H12FN3O2S2/c1-9-13(14(20)19-15-17-6-7-22-15)23-12(18-9)8-21-11-4-2-10(16)3-5-11/h2-7H,8H2,1H3,(H,17,19,20). The topological polar surface area (TPSA) is 64.1 Å². The summed E-state index contributed by atoms with van der Waals surface area (Å²) >= 11 is 2.62. The van der Waals surface area contributed by atoms with E-state index in [1.807, 2.05) is 0 Å². The second kappa shape index (κ2) is 6.84.